The molecule has 0 fully saturated rings. The first-order valence-electron chi connectivity index (χ1n) is 12.6. The molecule has 2 rings (SSSR count). The van der Waals surface area contributed by atoms with Gasteiger partial charge in [0.2, 0.25) is 0 Å². The van der Waals surface area contributed by atoms with Crippen molar-refractivity contribution in [1.82, 2.24) is 0 Å². The maximum atomic E-state index is 12.2. The van der Waals surface area contributed by atoms with Crippen molar-refractivity contribution in [2.45, 2.75) is 89.5 Å². The van der Waals surface area contributed by atoms with Crippen molar-refractivity contribution < 1.29 is 9.90 Å². The van der Waals surface area contributed by atoms with Crippen LogP contribution in [0.25, 0.3) is 0 Å². The predicted molar refractivity (Wildman–Crippen MR) is 141 cm³/mol. The minimum atomic E-state index is -2.85. The Kier molecular flexibility index (Phi) is 12.0. The van der Waals surface area contributed by atoms with E-state index in [2.05, 4.69) is 74.5 Å². The zero-order valence-electron chi connectivity index (χ0n) is 20.3. The van der Waals surface area contributed by atoms with E-state index in [1.54, 1.807) is 0 Å². The molecule has 2 N–H and O–H groups in total. The van der Waals surface area contributed by atoms with Crippen LogP contribution in [0, 0.1) is 0 Å². The summed E-state index contributed by atoms with van der Waals surface area (Å²) in [6.45, 7) is 4.85. The van der Waals surface area contributed by atoms with Crippen LogP contribution in [0.5, 0.6) is 0 Å². The first-order chi connectivity index (χ1) is 15.5. The molecule has 3 heteroatoms. The molecule has 2 aromatic carbocycles. The van der Waals surface area contributed by atoms with Gasteiger partial charge in [-0.25, -0.2) is 0 Å². The molecule has 0 spiro atoms. The molecular formula is C29H44O2Si. The van der Waals surface area contributed by atoms with Crippen LogP contribution < -0.4 is 10.4 Å². The van der Waals surface area contributed by atoms with Crippen LogP contribution >= 0.6 is 0 Å². The zero-order chi connectivity index (χ0) is 23.1. The van der Waals surface area contributed by atoms with Gasteiger partial charge in [0, 0.05) is 6.61 Å². The molecule has 0 aliphatic carbocycles. The second-order valence-corrected chi connectivity index (χ2v) is 13.6. The Hall–Kier alpha value is -1.68. The van der Waals surface area contributed by atoms with E-state index in [-0.39, 0.29) is 5.04 Å². The number of benzene rings is 2. The van der Waals surface area contributed by atoms with Gasteiger partial charge in [-0.15, -0.1) is 0 Å². The molecule has 0 heterocycles. The molecular weight excluding hydrogens is 408 g/mol. The average molecular weight is 453 g/mol. The maximum absolute atomic E-state index is 12.2. The standard InChI is InChI=1S/C29H44O2Si/c1-29(2,25-19-11-9-7-5-3-4-6-8-10-12-20-26-30)32(31,27-21-15-13-16-22-27)28-23-17-14-18-24-28/h6,8,13-18,21-24,30-31H,3-5,7,9-12,19-20,25-26H2,1-2H3/b8-6-. The summed E-state index contributed by atoms with van der Waals surface area (Å²) < 4.78 is 0. The summed E-state index contributed by atoms with van der Waals surface area (Å²) in [7, 11) is -2.85. The SMILES string of the molecule is CC(C)(CCCCCCCC/C=C\CCCCO)[Si](O)(c1ccccc1)c1ccccc1. The molecule has 0 aliphatic heterocycles. The van der Waals surface area contributed by atoms with E-state index >= 15 is 0 Å². The lowest BCUT2D eigenvalue weighted by atomic mass is 10.0. The third kappa shape index (κ3) is 8.02. The molecule has 32 heavy (non-hydrogen) atoms. The fourth-order valence-electron chi connectivity index (χ4n) is 4.63. The van der Waals surface area contributed by atoms with Gasteiger partial charge in [-0.2, -0.15) is 0 Å². The van der Waals surface area contributed by atoms with Crippen LogP contribution in [-0.2, 0) is 0 Å². The Labute approximate surface area is 197 Å². The Morgan fingerprint density at radius 2 is 1.09 bits per heavy atom. The summed E-state index contributed by atoms with van der Waals surface area (Å²) >= 11 is 0. The summed E-state index contributed by atoms with van der Waals surface area (Å²) in [4.78, 5) is 12.2. The Balaban J connectivity index is 1.78. The van der Waals surface area contributed by atoms with Gasteiger partial charge in [-0.1, -0.05) is 119 Å². The molecule has 0 atom stereocenters. The van der Waals surface area contributed by atoms with E-state index in [0.29, 0.717) is 6.61 Å². The second-order valence-electron chi connectivity index (χ2n) is 9.68. The monoisotopic (exact) mass is 452 g/mol. The number of allylic oxidation sites excluding steroid dienone is 2. The quantitative estimate of drug-likeness (QED) is 0.177. The summed E-state index contributed by atoms with van der Waals surface area (Å²) in [5.41, 5.74) is 0. The summed E-state index contributed by atoms with van der Waals surface area (Å²) in [5.74, 6) is 0. The van der Waals surface area contributed by atoms with Crippen LogP contribution in [-0.4, -0.2) is 24.8 Å². The highest BCUT2D eigenvalue weighted by Gasteiger charge is 2.49. The van der Waals surface area contributed by atoms with Gasteiger partial charge in [-0.3, -0.25) is 0 Å². The lowest BCUT2D eigenvalue weighted by Gasteiger charge is -2.41. The maximum Gasteiger partial charge on any atom is 0.258 e. The molecule has 0 amide bonds. The fourth-order valence-corrected chi connectivity index (χ4v) is 8.42. The minimum Gasteiger partial charge on any atom is -0.424 e. The first kappa shape index (κ1) is 26.6. The second kappa shape index (κ2) is 14.5. The van der Waals surface area contributed by atoms with E-state index in [9.17, 15) is 4.80 Å². The molecule has 0 aromatic heterocycles. The van der Waals surface area contributed by atoms with Crippen LogP contribution in [0.2, 0.25) is 5.04 Å². The van der Waals surface area contributed by atoms with Gasteiger partial charge >= 0.3 is 0 Å². The van der Waals surface area contributed by atoms with Crippen molar-refractivity contribution in [1.29, 1.82) is 0 Å². The lowest BCUT2D eigenvalue weighted by molar-refractivity contribution is 0.285. The predicted octanol–water partition coefficient (Wildman–Crippen LogP) is 6.36. The summed E-state index contributed by atoms with van der Waals surface area (Å²) in [6.07, 6.45) is 17.5. The van der Waals surface area contributed by atoms with Crippen LogP contribution in [0.15, 0.2) is 72.8 Å². The summed E-state index contributed by atoms with van der Waals surface area (Å²) in [5, 5.41) is 10.9. The largest absolute Gasteiger partial charge is 0.424 e. The van der Waals surface area contributed by atoms with Crippen LogP contribution in [0.4, 0.5) is 0 Å². The van der Waals surface area contributed by atoms with Gasteiger partial charge in [-0.05, 0) is 53.9 Å². The van der Waals surface area contributed by atoms with Crippen LogP contribution in [0.1, 0.15) is 84.5 Å². The normalized spacial score (nSPS) is 12.5. The van der Waals surface area contributed by atoms with Crippen molar-refractivity contribution in [3.05, 3.63) is 72.8 Å². The van der Waals surface area contributed by atoms with E-state index in [0.717, 1.165) is 36.1 Å². The molecule has 0 unspecified atom stereocenters. The lowest BCUT2D eigenvalue weighted by Crippen LogP contribution is -2.65. The minimum absolute atomic E-state index is 0.128. The van der Waals surface area contributed by atoms with Crippen molar-refractivity contribution >= 4 is 18.7 Å². The smallest absolute Gasteiger partial charge is 0.258 e. The van der Waals surface area contributed by atoms with E-state index in [4.69, 9.17) is 5.11 Å². The Bertz CT molecular complexity index is 716. The highest BCUT2D eigenvalue weighted by molar-refractivity contribution is 6.98. The molecule has 176 valence electrons. The Morgan fingerprint density at radius 1 is 0.656 bits per heavy atom. The van der Waals surface area contributed by atoms with Gasteiger partial charge in [0.25, 0.3) is 8.32 Å². The number of hydrogen-bond donors (Lipinski definition) is 2. The third-order valence-electron chi connectivity index (χ3n) is 6.73. The van der Waals surface area contributed by atoms with E-state index < -0.39 is 8.32 Å². The van der Waals surface area contributed by atoms with Crippen molar-refractivity contribution in [3.63, 3.8) is 0 Å². The topological polar surface area (TPSA) is 40.5 Å². The fraction of sp³-hybridized carbons (Fsp3) is 0.517. The van der Waals surface area contributed by atoms with Crippen molar-refractivity contribution in [2.24, 2.45) is 0 Å². The highest BCUT2D eigenvalue weighted by Crippen LogP contribution is 2.40. The van der Waals surface area contributed by atoms with Gasteiger partial charge < -0.3 is 9.90 Å². The zero-order valence-corrected chi connectivity index (χ0v) is 21.3. The average Bonchev–Trinajstić information content (AvgIpc) is 2.82. The van der Waals surface area contributed by atoms with Crippen molar-refractivity contribution in [2.75, 3.05) is 6.61 Å². The molecule has 0 saturated heterocycles. The van der Waals surface area contributed by atoms with E-state index in [1.165, 1.54) is 44.9 Å². The first-order valence-corrected chi connectivity index (χ1v) is 14.6. The van der Waals surface area contributed by atoms with E-state index in [1.807, 2.05) is 12.1 Å². The number of unbranched alkanes of at least 4 members (excludes halogenated alkanes) is 8. The van der Waals surface area contributed by atoms with Gasteiger partial charge in [0.1, 0.15) is 0 Å². The van der Waals surface area contributed by atoms with Gasteiger partial charge in [0.15, 0.2) is 0 Å². The van der Waals surface area contributed by atoms with Gasteiger partial charge in [0.05, 0.1) is 0 Å². The van der Waals surface area contributed by atoms with Crippen molar-refractivity contribution in [3.8, 4) is 0 Å². The molecule has 2 nitrogen and oxygen atoms in total. The summed E-state index contributed by atoms with van der Waals surface area (Å²) in [6, 6.07) is 20.7. The molecule has 0 aliphatic rings. The molecule has 0 bridgehead atoms. The Morgan fingerprint density at radius 3 is 1.59 bits per heavy atom. The molecule has 0 saturated carbocycles. The number of hydrogen-bond acceptors (Lipinski definition) is 2. The highest BCUT2D eigenvalue weighted by atomic mass is 28.4. The van der Waals surface area contributed by atoms with Crippen LogP contribution in [0.3, 0.4) is 0 Å². The number of aliphatic hydroxyl groups is 1. The third-order valence-corrected chi connectivity index (χ3v) is 11.3. The molecule has 0 radical (unpaired) electrons. The number of rotatable bonds is 16. The molecule has 2 aromatic rings. The number of aliphatic hydroxyl groups excluding tert-OH is 1.